The van der Waals surface area contributed by atoms with E-state index in [2.05, 4.69) is 11.4 Å². The van der Waals surface area contributed by atoms with Crippen LogP contribution in [0.25, 0.3) is 6.08 Å². The van der Waals surface area contributed by atoms with Crippen molar-refractivity contribution in [2.24, 2.45) is 0 Å². The molecule has 0 atom stereocenters. The van der Waals surface area contributed by atoms with E-state index in [9.17, 15) is 14.9 Å². The Balaban J connectivity index is 1.75. The maximum absolute atomic E-state index is 12.2. The number of hydrogen-bond donors (Lipinski definition) is 2. The molecule has 0 saturated carbocycles. The molecule has 0 unspecified atom stereocenters. The predicted octanol–water partition coefficient (Wildman–Crippen LogP) is 3.62. The Kier molecular flexibility index (Phi) is 5.05. The van der Waals surface area contributed by atoms with E-state index in [1.165, 1.54) is 22.3 Å². The van der Waals surface area contributed by atoms with Crippen molar-refractivity contribution in [1.29, 1.82) is 5.26 Å². The maximum atomic E-state index is 12.2. The first-order valence-corrected chi connectivity index (χ1v) is 8.88. The third kappa shape index (κ3) is 3.76. The summed E-state index contributed by atoms with van der Waals surface area (Å²) in [5, 5.41) is 21.8. The minimum absolute atomic E-state index is 0.249. The number of aryl methyl sites for hydroxylation is 1. The molecule has 7 heteroatoms. The van der Waals surface area contributed by atoms with E-state index in [1.54, 1.807) is 6.08 Å². The van der Waals surface area contributed by atoms with Crippen molar-refractivity contribution in [2.75, 3.05) is 11.9 Å². The van der Waals surface area contributed by atoms with Gasteiger partial charge in [0.2, 0.25) is 5.91 Å². The minimum atomic E-state index is -0.978. The van der Waals surface area contributed by atoms with E-state index in [-0.39, 0.29) is 12.5 Å². The highest BCUT2D eigenvalue weighted by Gasteiger charge is 2.27. The number of nitriles is 1. The van der Waals surface area contributed by atoms with Crippen LogP contribution in [0.3, 0.4) is 0 Å². The molecular weight excluding hydrogens is 350 g/mol. The molecule has 0 spiro atoms. The molecule has 0 radical (unpaired) electrons. The molecule has 2 amide bonds. The molecule has 132 valence electrons. The fourth-order valence-corrected chi connectivity index (χ4v) is 3.99. The summed E-state index contributed by atoms with van der Waals surface area (Å²) in [6.07, 6.45) is 2.64. The molecule has 0 fully saturated rings. The van der Waals surface area contributed by atoms with Crippen LogP contribution < -0.4 is 5.32 Å². The van der Waals surface area contributed by atoms with Crippen LogP contribution in [0.4, 0.5) is 9.80 Å². The molecule has 1 aromatic carbocycles. The van der Waals surface area contributed by atoms with Gasteiger partial charge in [0.25, 0.3) is 0 Å². The minimum Gasteiger partial charge on any atom is -0.465 e. The topological polar surface area (TPSA) is 93.4 Å². The SMILES string of the molecule is Cc1ccc(C=CC(=O)Nc2sc3c(c2C#N)CCN(C(=O)O)C3)cc1. The zero-order valence-electron chi connectivity index (χ0n) is 14.2. The number of carbonyl (C=O) groups excluding carboxylic acids is 1. The molecule has 6 nitrogen and oxygen atoms in total. The van der Waals surface area contributed by atoms with Gasteiger partial charge in [-0.25, -0.2) is 4.79 Å². The highest BCUT2D eigenvalue weighted by Crippen LogP contribution is 2.36. The van der Waals surface area contributed by atoms with Crippen molar-refractivity contribution in [3.05, 3.63) is 57.5 Å². The van der Waals surface area contributed by atoms with Gasteiger partial charge in [0, 0.05) is 17.5 Å². The fraction of sp³-hybridized carbons (Fsp3) is 0.211. The van der Waals surface area contributed by atoms with Gasteiger partial charge in [0.1, 0.15) is 11.1 Å². The van der Waals surface area contributed by atoms with E-state index in [1.807, 2.05) is 31.2 Å². The quantitative estimate of drug-likeness (QED) is 0.810. The largest absolute Gasteiger partial charge is 0.465 e. The summed E-state index contributed by atoms with van der Waals surface area (Å²) in [5.74, 6) is -0.323. The standard InChI is InChI=1S/C19H17N3O3S/c1-12-2-4-13(5-3-12)6-7-17(23)21-18-15(10-20)14-8-9-22(19(24)25)11-16(14)26-18/h2-7H,8-9,11H2,1H3,(H,21,23)(H,24,25). The molecule has 0 aliphatic carbocycles. The fourth-order valence-electron chi connectivity index (χ4n) is 2.78. The lowest BCUT2D eigenvalue weighted by Crippen LogP contribution is -2.34. The highest BCUT2D eigenvalue weighted by atomic mass is 32.1. The number of hydrogen-bond acceptors (Lipinski definition) is 4. The lowest BCUT2D eigenvalue weighted by atomic mass is 10.0. The summed E-state index contributed by atoms with van der Waals surface area (Å²) in [6.45, 7) is 2.60. The summed E-state index contributed by atoms with van der Waals surface area (Å²) in [6, 6.07) is 9.91. The van der Waals surface area contributed by atoms with Gasteiger partial charge in [-0.1, -0.05) is 29.8 Å². The van der Waals surface area contributed by atoms with Crippen molar-refractivity contribution in [3.63, 3.8) is 0 Å². The highest BCUT2D eigenvalue weighted by molar-refractivity contribution is 7.16. The third-order valence-electron chi connectivity index (χ3n) is 4.18. The molecule has 2 aromatic rings. The Morgan fingerprint density at radius 3 is 2.73 bits per heavy atom. The van der Waals surface area contributed by atoms with Gasteiger partial charge in [-0.2, -0.15) is 5.26 Å². The first-order valence-electron chi connectivity index (χ1n) is 8.06. The second kappa shape index (κ2) is 7.42. The van der Waals surface area contributed by atoms with Gasteiger partial charge in [0.05, 0.1) is 12.1 Å². The smallest absolute Gasteiger partial charge is 0.407 e. The molecule has 3 rings (SSSR count). The van der Waals surface area contributed by atoms with Crippen LogP contribution in [0.1, 0.15) is 27.1 Å². The van der Waals surface area contributed by atoms with Crippen LogP contribution in [0.5, 0.6) is 0 Å². The van der Waals surface area contributed by atoms with Crippen molar-refractivity contribution >= 4 is 34.4 Å². The van der Waals surface area contributed by atoms with Crippen LogP contribution in [-0.4, -0.2) is 28.6 Å². The van der Waals surface area contributed by atoms with E-state index in [0.717, 1.165) is 21.6 Å². The Morgan fingerprint density at radius 2 is 2.08 bits per heavy atom. The van der Waals surface area contributed by atoms with Crippen molar-refractivity contribution in [2.45, 2.75) is 19.9 Å². The number of carboxylic acid groups (broad SMARTS) is 1. The first kappa shape index (κ1) is 17.7. The van der Waals surface area contributed by atoms with Crippen molar-refractivity contribution in [1.82, 2.24) is 4.90 Å². The normalized spacial score (nSPS) is 13.3. The number of rotatable bonds is 3. The first-order chi connectivity index (χ1) is 12.5. The molecule has 1 aromatic heterocycles. The lowest BCUT2D eigenvalue weighted by Gasteiger charge is -2.23. The lowest BCUT2D eigenvalue weighted by molar-refractivity contribution is -0.111. The number of thiophene rings is 1. The summed E-state index contributed by atoms with van der Waals surface area (Å²) in [4.78, 5) is 25.5. The Hall–Kier alpha value is -3.11. The molecule has 1 aliphatic rings. The average Bonchev–Trinajstić information content (AvgIpc) is 2.97. The van der Waals surface area contributed by atoms with Crippen molar-refractivity contribution < 1.29 is 14.7 Å². The number of carbonyl (C=O) groups is 2. The van der Waals surface area contributed by atoms with Gasteiger partial charge < -0.3 is 15.3 Å². The van der Waals surface area contributed by atoms with Gasteiger partial charge >= 0.3 is 6.09 Å². The summed E-state index contributed by atoms with van der Waals surface area (Å²) >= 11 is 1.27. The number of nitrogens with zero attached hydrogens (tertiary/aromatic N) is 2. The molecule has 2 heterocycles. The zero-order valence-corrected chi connectivity index (χ0v) is 15.0. The molecule has 1 aliphatic heterocycles. The van der Waals surface area contributed by atoms with Crippen LogP contribution in [0, 0.1) is 18.3 Å². The van der Waals surface area contributed by atoms with Crippen LogP contribution in [0.15, 0.2) is 30.3 Å². The number of nitrogens with one attached hydrogen (secondary N) is 1. The molecule has 2 N–H and O–H groups in total. The van der Waals surface area contributed by atoms with Crippen LogP contribution in [-0.2, 0) is 17.8 Å². The zero-order chi connectivity index (χ0) is 18.7. The predicted molar refractivity (Wildman–Crippen MR) is 100 cm³/mol. The Labute approximate surface area is 155 Å². The van der Waals surface area contributed by atoms with Crippen LogP contribution >= 0.6 is 11.3 Å². The maximum Gasteiger partial charge on any atom is 0.407 e. The van der Waals surface area contributed by atoms with Crippen LogP contribution in [0.2, 0.25) is 0 Å². The average molecular weight is 367 g/mol. The molecular formula is C19H17N3O3S. The Morgan fingerprint density at radius 1 is 1.35 bits per heavy atom. The molecule has 26 heavy (non-hydrogen) atoms. The van der Waals surface area contributed by atoms with E-state index < -0.39 is 6.09 Å². The van der Waals surface area contributed by atoms with Gasteiger partial charge in [-0.15, -0.1) is 11.3 Å². The number of amides is 2. The van der Waals surface area contributed by atoms with Gasteiger partial charge in [0.15, 0.2) is 0 Å². The van der Waals surface area contributed by atoms with E-state index in [0.29, 0.717) is 23.5 Å². The van der Waals surface area contributed by atoms with Gasteiger partial charge in [-0.05, 0) is 30.5 Å². The second-order valence-corrected chi connectivity index (χ2v) is 7.11. The summed E-state index contributed by atoms with van der Waals surface area (Å²) in [7, 11) is 0. The molecule has 0 saturated heterocycles. The number of benzene rings is 1. The number of anilines is 1. The summed E-state index contributed by atoms with van der Waals surface area (Å²) in [5.41, 5.74) is 3.33. The monoisotopic (exact) mass is 367 g/mol. The summed E-state index contributed by atoms with van der Waals surface area (Å²) < 4.78 is 0. The van der Waals surface area contributed by atoms with E-state index in [4.69, 9.17) is 5.11 Å². The Bertz CT molecular complexity index is 923. The second-order valence-electron chi connectivity index (χ2n) is 6.01. The molecule has 0 bridgehead atoms. The number of fused-ring (bicyclic) bond motifs is 1. The van der Waals surface area contributed by atoms with Gasteiger partial charge in [-0.3, -0.25) is 4.79 Å². The van der Waals surface area contributed by atoms with Crippen molar-refractivity contribution in [3.8, 4) is 6.07 Å². The van der Waals surface area contributed by atoms with E-state index >= 15 is 0 Å². The third-order valence-corrected chi connectivity index (χ3v) is 5.31.